The van der Waals surface area contributed by atoms with Crippen LogP contribution in [-0.4, -0.2) is 18.1 Å². The van der Waals surface area contributed by atoms with E-state index < -0.39 is 5.97 Å². The molecule has 0 radical (unpaired) electrons. The van der Waals surface area contributed by atoms with Crippen molar-refractivity contribution < 1.29 is 48.9 Å². The van der Waals surface area contributed by atoms with Crippen LogP contribution in [0.3, 0.4) is 0 Å². The molecule has 0 aliphatic carbocycles. The van der Waals surface area contributed by atoms with Crippen LogP contribution in [0, 0.1) is 13.8 Å². The zero-order valence-electron chi connectivity index (χ0n) is 20.0. The van der Waals surface area contributed by atoms with Crippen LogP contribution in [0.25, 0.3) is 31.6 Å². The van der Waals surface area contributed by atoms with Crippen molar-refractivity contribution in [1.82, 2.24) is 4.98 Å². The molecule has 3 aromatic carbocycles. The number of rotatable bonds is 6. The summed E-state index contributed by atoms with van der Waals surface area (Å²) in [7, 11) is 1.61. The number of benzene rings is 3. The van der Waals surface area contributed by atoms with Gasteiger partial charge in [0.25, 0.3) is 0 Å². The molecule has 2 aromatic heterocycles. The van der Waals surface area contributed by atoms with Gasteiger partial charge in [0.15, 0.2) is 0 Å². The van der Waals surface area contributed by atoms with Gasteiger partial charge in [-0.25, -0.2) is 4.98 Å². The molecular weight excluding hydrogens is 469 g/mol. The Morgan fingerprint density at radius 1 is 1.03 bits per heavy atom. The average molecular weight is 492 g/mol. The molecule has 5 rings (SSSR count). The second-order valence-corrected chi connectivity index (χ2v) is 9.19. The van der Waals surface area contributed by atoms with Gasteiger partial charge in [-0.2, -0.15) is 0 Å². The molecule has 0 bridgehead atoms. The zero-order chi connectivity index (χ0) is 23.8. The van der Waals surface area contributed by atoms with E-state index in [1.165, 1.54) is 0 Å². The maximum Gasteiger partial charge on any atom is 1.00 e. The predicted molar refractivity (Wildman–Crippen MR) is 134 cm³/mol. The van der Waals surface area contributed by atoms with Gasteiger partial charge in [-0.1, -0.05) is 36.4 Å². The monoisotopic (exact) mass is 491 g/mol. The van der Waals surface area contributed by atoms with Gasteiger partial charge in [0, 0.05) is 10.3 Å². The summed E-state index contributed by atoms with van der Waals surface area (Å²) in [6.45, 7) is 4.22. The Morgan fingerprint density at radius 3 is 2.57 bits per heavy atom. The van der Waals surface area contributed by atoms with E-state index in [0.29, 0.717) is 22.3 Å². The minimum Gasteiger partial charge on any atom is -0.545 e. The normalized spacial score (nSPS) is 10.8. The smallest absolute Gasteiger partial charge is 0.545 e. The molecular formula is C28H22NNaO4S. The second-order valence-electron chi connectivity index (χ2n) is 8.14. The fourth-order valence-electron chi connectivity index (χ4n) is 4.18. The summed E-state index contributed by atoms with van der Waals surface area (Å²) in [5, 5.41) is 13.9. The van der Waals surface area contributed by atoms with Crippen LogP contribution < -0.4 is 44.1 Å². The van der Waals surface area contributed by atoms with Crippen molar-refractivity contribution in [2.75, 3.05) is 7.11 Å². The molecule has 35 heavy (non-hydrogen) atoms. The molecule has 0 saturated carbocycles. The van der Waals surface area contributed by atoms with Crippen LogP contribution in [0.5, 0.6) is 11.5 Å². The van der Waals surface area contributed by atoms with Gasteiger partial charge in [0.05, 0.1) is 34.6 Å². The Kier molecular flexibility index (Phi) is 7.47. The zero-order valence-corrected chi connectivity index (χ0v) is 22.9. The number of aryl methyl sites for hydroxylation is 2. The Morgan fingerprint density at radius 2 is 1.83 bits per heavy atom. The number of aromatic nitrogens is 1. The first kappa shape index (κ1) is 25.2. The summed E-state index contributed by atoms with van der Waals surface area (Å²) < 4.78 is 12.5. The summed E-state index contributed by atoms with van der Waals surface area (Å²) in [5.41, 5.74) is 4.15. The number of methoxy groups -OCH3 is 1. The number of pyridine rings is 1. The van der Waals surface area contributed by atoms with Crippen molar-refractivity contribution in [2.45, 2.75) is 20.5 Å². The topological polar surface area (TPSA) is 71.5 Å². The molecule has 2 heterocycles. The third kappa shape index (κ3) is 4.80. The van der Waals surface area contributed by atoms with E-state index in [4.69, 9.17) is 14.5 Å². The molecule has 0 fully saturated rings. The largest absolute Gasteiger partial charge is 1.00 e. The fraction of sp³-hybridized carbons (Fsp3) is 0.143. The molecule has 7 heteroatoms. The molecule has 0 atom stereocenters. The maximum absolute atomic E-state index is 12.3. The number of carboxylic acid groups (broad SMARTS) is 1. The fourth-order valence-corrected chi connectivity index (χ4v) is 5.35. The predicted octanol–water partition coefficient (Wildman–Crippen LogP) is 2.69. The Bertz CT molecular complexity index is 1560. The van der Waals surface area contributed by atoms with E-state index in [2.05, 4.69) is 12.1 Å². The summed E-state index contributed by atoms with van der Waals surface area (Å²) >= 11 is 1.61. The number of hydrogen-bond donors (Lipinski definition) is 0. The van der Waals surface area contributed by atoms with Gasteiger partial charge >= 0.3 is 29.6 Å². The van der Waals surface area contributed by atoms with Gasteiger partial charge in [0.1, 0.15) is 18.1 Å². The van der Waals surface area contributed by atoms with Gasteiger partial charge in [0.2, 0.25) is 0 Å². The number of hydrogen-bond acceptors (Lipinski definition) is 6. The van der Waals surface area contributed by atoms with Crippen molar-refractivity contribution in [1.29, 1.82) is 0 Å². The van der Waals surface area contributed by atoms with Crippen molar-refractivity contribution in [3.05, 3.63) is 89.0 Å². The molecule has 0 saturated heterocycles. The summed E-state index contributed by atoms with van der Waals surface area (Å²) in [6.07, 6.45) is 0. The number of aromatic carboxylic acids is 1. The van der Waals surface area contributed by atoms with Crippen LogP contribution in [0.1, 0.15) is 27.0 Å². The van der Waals surface area contributed by atoms with Gasteiger partial charge < -0.3 is 19.4 Å². The Hall–Kier alpha value is -2.90. The molecule has 0 aliphatic heterocycles. The number of carboxylic acids is 1. The SMILES string of the molecule is COc1cccc(COc2ccc(C)c3nc(-c4sc5ccccc5c4C)cc(C(=O)[O-])c23)c1.[Na+]. The standard InChI is InChI=1S/C28H23NO4S.Na/c1-16-11-12-23(33-15-18-7-6-8-19(13-18)32-3)25-21(28(30)31)14-22(29-26(16)25)27-17(2)20-9-4-5-10-24(20)34-27;/h4-14H,15H2,1-3H3,(H,30,31);/q;+1/p-1. The third-order valence-electron chi connectivity index (χ3n) is 5.95. The quantitative estimate of drug-likeness (QED) is 0.342. The van der Waals surface area contributed by atoms with Crippen LogP contribution >= 0.6 is 11.3 Å². The van der Waals surface area contributed by atoms with Crippen molar-refractivity contribution in [2.24, 2.45) is 0 Å². The van der Waals surface area contributed by atoms with E-state index in [1.54, 1.807) is 30.6 Å². The summed E-state index contributed by atoms with van der Waals surface area (Å²) in [5.74, 6) is -0.0747. The number of thiophene rings is 1. The van der Waals surface area contributed by atoms with E-state index in [9.17, 15) is 9.90 Å². The van der Waals surface area contributed by atoms with E-state index in [-0.39, 0.29) is 41.7 Å². The first-order valence-electron chi connectivity index (χ1n) is 10.9. The number of carbonyl (C=O) groups excluding carboxylic acids is 1. The van der Waals surface area contributed by atoms with Gasteiger partial charge in [-0.3, -0.25) is 0 Å². The number of ether oxygens (including phenoxy) is 2. The van der Waals surface area contributed by atoms with Crippen LogP contribution in [0.4, 0.5) is 0 Å². The van der Waals surface area contributed by atoms with Crippen molar-refractivity contribution in [3.63, 3.8) is 0 Å². The molecule has 5 nitrogen and oxygen atoms in total. The summed E-state index contributed by atoms with van der Waals surface area (Å²) in [6, 6.07) is 21.0. The number of nitrogens with zero attached hydrogens (tertiary/aromatic N) is 1. The van der Waals surface area contributed by atoms with Gasteiger partial charge in [-0.05, 0) is 66.3 Å². The summed E-state index contributed by atoms with van der Waals surface area (Å²) in [4.78, 5) is 18.1. The van der Waals surface area contributed by atoms with Crippen LogP contribution in [0.2, 0.25) is 0 Å². The van der Waals surface area contributed by atoms with Crippen molar-refractivity contribution in [3.8, 4) is 22.1 Å². The molecule has 0 spiro atoms. The molecule has 0 amide bonds. The maximum atomic E-state index is 12.3. The average Bonchev–Trinajstić information content (AvgIpc) is 3.19. The minimum absolute atomic E-state index is 0. The number of fused-ring (bicyclic) bond motifs is 2. The van der Waals surface area contributed by atoms with Gasteiger partial charge in [-0.15, -0.1) is 11.3 Å². The minimum atomic E-state index is -1.26. The van der Waals surface area contributed by atoms with E-state index >= 15 is 0 Å². The van der Waals surface area contributed by atoms with Crippen LogP contribution in [-0.2, 0) is 6.61 Å². The molecule has 170 valence electrons. The third-order valence-corrected chi connectivity index (χ3v) is 7.24. The number of carbonyl (C=O) groups is 1. The van der Waals surface area contributed by atoms with E-state index in [0.717, 1.165) is 37.4 Å². The first-order valence-corrected chi connectivity index (χ1v) is 11.7. The second kappa shape index (κ2) is 10.4. The Labute approximate surface area is 229 Å². The first-order chi connectivity index (χ1) is 16.5. The van der Waals surface area contributed by atoms with E-state index in [1.807, 2.05) is 56.3 Å². The molecule has 0 aliphatic rings. The molecule has 0 N–H and O–H groups in total. The van der Waals surface area contributed by atoms with Crippen LogP contribution in [0.15, 0.2) is 66.7 Å². The molecule has 5 aromatic rings. The Balaban J connectivity index is 0.00000289. The van der Waals surface area contributed by atoms with Crippen molar-refractivity contribution >= 4 is 38.3 Å². The molecule has 0 unspecified atom stereocenters.